The molecule has 0 radical (unpaired) electrons. The summed E-state index contributed by atoms with van der Waals surface area (Å²) in [6, 6.07) is 0.799. The third kappa shape index (κ3) is 4.64. The number of methoxy groups -OCH3 is 1. The topological polar surface area (TPSA) is 55.6 Å². The van der Waals surface area contributed by atoms with Crippen LogP contribution in [-0.4, -0.2) is 42.6 Å². The second-order valence-electron chi connectivity index (χ2n) is 5.10. The largest absolute Gasteiger partial charge is 0.468 e. The van der Waals surface area contributed by atoms with Crippen molar-refractivity contribution in [2.24, 2.45) is 5.73 Å². The third-order valence-corrected chi connectivity index (χ3v) is 3.58. The fourth-order valence-corrected chi connectivity index (χ4v) is 2.30. The van der Waals surface area contributed by atoms with Crippen molar-refractivity contribution in [3.8, 4) is 0 Å². The van der Waals surface area contributed by atoms with Gasteiger partial charge in [-0.25, -0.2) is 0 Å². The normalized spacial score (nSPS) is 17.0. The van der Waals surface area contributed by atoms with E-state index in [1.54, 1.807) is 6.92 Å². The molecule has 0 heterocycles. The van der Waals surface area contributed by atoms with Gasteiger partial charge in [0, 0.05) is 12.1 Å². The molecule has 4 nitrogen and oxygen atoms in total. The Labute approximate surface area is 105 Å². The molecule has 4 heteroatoms. The van der Waals surface area contributed by atoms with Crippen LogP contribution in [0.5, 0.6) is 0 Å². The van der Waals surface area contributed by atoms with Gasteiger partial charge >= 0.3 is 5.97 Å². The molecule has 17 heavy (non-hydrogen) atoms. The van der Waals surface area contributed by atoms with Crippen molar-refractivity contribution in [1.82, 2.24) is 4.90 Å². The van der Waals surface area contributed by atoms with Crippen molar-refractivity contribution in [1.29, 1.82) is 0 Å². The monoisotopic (exact) mass is 244 g/mol. The van der Waals surface area contributed by atoms with E-state index in [1.807, 2.05) is 0 Å². The summed E-state index contributed by atoms with van der Waals surface area (Å²) >= 11 is 0. The summed E-state index contributed by atoms with van der Waals surface area (Å²) in [4.78, 5) is 13.8. The van der Waals surface area contributed by atoms with E-state index in [2.05, 4.69) is 32.7 Å². The van der Waals surface area contributed by atoms with E-state index in [1.165, 1.54) is 7.11 Å². The molecular formula is C13H28N2O2. The summed E-state index contributed by atoms with van der Waals surface area (Å²) in [5, 5.41) is 0. The van der Waals surface area contributed by atoms with E-state index in [0.29, 0.717) is 12.5 Å². The van der Waals surface area contributed by atoms with Crippen molar-refractivity contribution in [3.63, 3.8) is 0 Å². The lowest BCUT2D eigenvalue weighted by molar-refractivity contribution is -0.147. The van der Waals surface area contributed by atoms with Crippen molar-refractivity contribution in [2.75, 3.05) is 14.2 Å². The zero-order valence-corrected chi connectivity index (χ0v) is 12.1. The Hall–Kier alpha value is -0.610. The molecule has 0 fully saturated rings. The molecule has 0 saturated heterocycles. The van der Waals surface area contributed by atoms with Crippen LogP contribution in [0.2, 0.25) is 0 Å². The van der Waals surface area contributed by atoms with Crippen molar-refractivity contribution in [3.05, 3.63) is 0 Å². The average molecular weight is 244 g/mol. The molecule has 0 bridgehead atoms. The fraction of sp³-hybridized carbons (Fsp3) is 0.923. The van der Waals surface area contributed by atoms with Gasteiger partial charge < -0.3 is 15.4 Å². The lowest BCUT2D eigenvalue weighted by atomic mass is 9.93. The number of ether oxygens (including phenoxy) is 1. The second-order valence-corrected chi connectivity index (χ2v) is 5.10. The highest BCUT2D eigenvalue weighted by Crippen LogP contribution is 2.18. The van der Waals surface area contributed by atoms with E-state index >= 15 is 0 Å². The first-order valence-electron chi connectivity index (χ1n) is 6.39. The van der Waals surface area contributed by atoms with Crippen LogP contribution in [0.3, 0.4) is 0 Å². The van der Waals surface area contributed by atoms with Gasteiger partial charge in [-0.1, -0.05) is 13.8 Å². The van der Waals surface area contributed by atoms with Gasteiger partial charge in [0.2, 0.25) is 0 Å². The Kier molecular flexibility index (Phi) is 6.72. The van der Waals surface area contributed by atoms with E-state index in [0.717, 1.165) is 12.8 Å². The number of rotatable bonds is 7. The minimum Gasteiger partial charge on any atom is -0.468 e. The van der Waals surface area contributed by atoms with Crippen molar-refractivity contribution >= 4 is 5.97 Å². The third-order valence-electron chi connectivity index (χ3n) is 3.58. The van der Waals surface area contributed by atoms with E-state index in [4.69, 9.17) is 10.5 Å². The van der Waals surface area contributed by atoms with Crippen LogP contribution < -0.4 is 5.73 Å². The SMILES string of the molecule is CCC(CC)N(C)C(C)CC(C)(N)C(=O)OC. The Bertz CT molecular complexity index is 238. The Balaban J connectivity index is 4.52. The van der Waals surface area contributed by atoms with Gasteiger partial charge in [0.25, 0.3) is 0 Å². The van der Waals surface area contributed by atoms with Crippen LogP contribution >= 0.6 is 0 Å². The minimum absolute atomic E-state index is 0.258. The van der Waals surface area contributed by atoms with Gasteiger partial charge in [-0.15, -0.1) is 0 Å². The quantitative estimate of drug-likeness (QED) is 0.694. The molecule has 0 aliphatic carbocycles. The molecule has 2 unspecified atom stereocenters. The molecule has 0 aliphatic heterocycles. The van der Waals surface area contributed by atoms with Gasteiger partial charge in [0.1, 0.15) is 5.54 Å². The number of esters is 1. The first kappa shape index (κ1) is 16.4. The lowest BCUT2D eigenvalue weighted by Crippen LogP contribution is -2.51. The predicted molar refractivity (Wildman–Crippen MR) is 70.8 cm³/mol. The zero-order chi connectivity index (χ0) is 13.6. The zero-order valence-electron chi connectivity index (χ0n) is 12.1. The molecule has 2 N–H and O–H groups in total. The van der Waals surface area contributed by atoms with Crippen molar-refractivity contribution in [2.45, 2.75) is 64.6 Å². The maximum atomic E-state index is 11.5. The van der Waals surface area contributed by atoms with Crippen LogP contribution in [0, 0.1) is 0 Å². The summed E-state index contributed by atoms with van der Waals surface area (Å²) < 4.78 is 4.73. The Morgan fingerprint density at radius 2 is 1.88 bits per heavy atom. The molecule has 0 amide bonds. The molecule has 0 aromatic rings. The fourth-order valence-electron chi connectivity index (χ4n) is 2.30. The molecule has 102 valence electrons. The predicted octanol–water partition coefficient (Wildman–Crippen LogP) is 1.78. The first-order valence-corrected chi connectivity index (χ1v) is 6.39. The lowest BCUT2D eigenvalue weighted by Gasteiger charge is -2.35. The number of hydrogen-bond acceptors (Lipinski definition) is 4. The van der Waals surface area contributed by atoms with Crippen LogP contribution in [0.1, 0.15) is 47.0 Å². The summed E-state index contributed by atoms with van der Waals surface area (Å²) in [5.74, 6) is -0.345. The Morgan fingerprint density at radius 1 is 1.41 bits per heavy atom. The molecule has 0 rings (SSSR count). The highest BCUT2D eigenvalue weighted by atomic mass is 16.5. The van der Waals surface area contributed by atoms with Gasteiger partial charge in [0.05, 0.1) is 7.11 Å². The van der Waals surface area contributed by atoms with Gasteiger partial charge in [-0.3, -0.25) is 4.79 Å². The number of carbonyl (C=O) groups is 1. The van der Waals surface area contributed by atoms with Gasteiger partial charge in [-0.2, -0.15) is 0 Å². The van der Waals surface area contributed by atoms with Gasteiger partial charge in [0.15, 0.2) is 0 Å². The molecule has 0 aromatic carbocycles. The molecular weight excluding hydrogens is 216 g/mol. The number of carbonyl (C=O) groups excluding carboxylic acids is 1. The van der Waals surface area contributed by atoms with Crippen LogP contribution in [0.15, 0.2) is 0 Å². The van der Waals surface area contributed by atoms with Crippen LogP contribution in [-0.2, 0) is 9.53 Å². The molecule has 0 aromatic heterocycles. The van der Waals surface area contributed by atoms with E-state index < -0.39 is 5.54 Å². The highest BCUT2D eigenvalue weighted by Gasteiger charge is 2.33. The molecule has 0 aliphatic rings. The maximum Gasteiger partial charge on any atom is 0.325 e. The molecule has 0 saturated carbocycles. The highest BCUT2D eigenvalue weighted by molar-refractivity contribution is 5.79. The standard InChI is InChI=1S/C13H28N2O2/c1-7-11(8-2)15(5)10(3)9-13(4,14)12(16)17-6/h10-11H,7-9,14H2,1-6H3. The van der Waals surface area contributed by atoms with Gasteiger partial charge in [-0.05, 0) is 40.2 Å². The van der Waals surface area contributed by atoms with Crippen LogP contribution in [0.25, 0.3) is 0 Å². The number of nitrogens with zero attached hydrogens (tertiary/aromatic N) is 1. The van der Waals surface area contributed by atoms with E-state index in [9.17, 15) is 4.79 Å². The van der Waals surface area contributed by atoms with E-state index in [-0.39, 0.29) is 12.0 Å². The summed E-state index contributed by atoms with van der Waals surface area (Å²) in [5.41, 5.74) is 5.08. The number of nitrogens with two attached hydrogens (primary N) is 1. The Morgan fingerprint density at radius 3 is 2.24 bits per heavy atom. The second kappa shape index (κ2) is 6.97. The van der Waals surface area contributed by atoms with Crippen LogP contribution in [0.4, 0.5) is 0 Å². The average Bonchev–Trinajstić information content (AvgIpc) is 2.28. The van der Waals surface area contributed by atoms with Crippen molar-refractivity contribution < 1.29 is 9.53 Å². The summed E-state index contributed by atoms with van der Waals surface area (Å²) in [7, 11) is 3.47. The maximum absolute atomic E-state index is 11.5. The molecule has 0 spiro atoms. The summed E-state index contributed by atoms with van der Waals surface area (Å²) in [6.45, 7) is 8.20. The number of hydrogen-bond donors (Lipinski definition) is 1. The smallest absolute Gasteiger partial charge is 0.325 e. The first-order chi connectivity index (χ1) is 7.80. The minimum atomic E-state index is -0.908. The molecule has 2 atom stereocenters. The summed E-state index contributed by atoms with van der Waals surface area (Å²) in [6.07, 6.45) is 2.82.